The fraction of sp³-hybridized carbons (Fsp3) is 0.750. The van der Waals surface area contributed by atoms with E-state index in [0.29, 0.717) is 11.9 Å². The Kier molecular flexibility index (Phi) is 5.57. The van der Waals surface area contributed by atoms with Crippen molar-refractivity contribution in [1.29, 1.82) is 0 Å². The van der Waals surface area contributed by atoms with Crippen LogP contribution in [0.15, 0.2) is 10.7 Å². The van der Waals surface area contributed by atoms with Crippen LogP contribution in [0.5, 0.6) is 0 Å². The summed E-state index contributed by atoms with van der Waals surface area (Å²) in [4.78, 5) is 9.32. The Balaban J connectivity index is 1.56. The van der Waals surface area contributed by atoms with Crippen molar-refractivity contribution in [3.05, 3.63) is 23.6 Å². The Labute approximate surface area is 142 Å². The first-order valence-corrected chi connectivity index (χ1v) is 8.75. The molecule has 1 saturated heterocycles. The second-order valence-corrected chi connectivity index (χ2v) is 6.50. The second-order valence-electron chi connectivity index (χ2n) is 6.50. The molecule has 2 aromatic rings. The summed E-state index contributed by atoms with van der Waals surface area (Å²) < 4.78 is 6.96. The molecule has 3 heterocycles. The normalized spacial score (nSPS) is 19.8. The summed E-state index contributed by atoms with van der Waals surface area (Å²) in [7, 11) is 1.95. The van der Waals surface area contributed by atoms with Crippen LogP contribution in [0.3, 0.4) is 0 Å². The van der Waals surface area contributed by atoms with Crippen molar-refractivity contribution in [2.75, 3.05) is 19.6 Å². The van der Waals surface area contributed by atoms with Crippen molar-refractivity contribution in [2.45, 2.75) is 52.2 Å². The molecule has 3 rings (SSSR count). The van der Waals surface area contributed by atoms with Crippen LogP contribution in [-0.2, 0) is 20.1 Å². The molecule has 2 aromatic heterocycles. The van der Waals surface area contributed by atoms with Gasteiger partial charge in [-0.3, -0.25) is 14.5 Å². The smallest absolute Gasteiger partial charge is 0.223 e. The molecule has 0 bridgehead atoms. The first-order chi connectivity index (χ1) is 11.7. The summed E-state index contributed by atoms with van der Waals surface area (Å²) in [5.41, 5.74) is 1.17. The van der Waals surface area contributed by atoms with Crippen molar-refractivity contribution < 1.29 is 4.52 Å². The van der Waals surface area contributed by atoms with E-state index in [-0.39, 0.29) is 0 Å². The molecule has 0 saturated carbocycles. The Morgan fingerprint density at radius 2 is 2.21 bits per heavy atom. The molecule has 1 unspecified atom stereocenters. The van der Waals surface area contributed by atoms with Crippen LogP contribution in [0.1, 0.15) is 43.6 Å². The molecule has 1 aliphatic rings. The molecule has 0 spiro atoms. The van der Waals surface area contributed by atoms with Gasteiger partial charge in [0.2, 0.25) is 5.89 Å². The van der Waals surface area contributed by atoms with Crippen molar-refractivity contribution in [3.8, 4) is 0 Å². The minimum atomic E-state index is 0.573. The topological polar surface area (TPSA) is 76.1 Å². The largest absolute Gasteiger partial charge is 0.340 e. The number of nitrogens with zero attached hydrogens (tertiary/aromatic N) is 7. The number of hydrogen-bond donors (Lipinski definition) is 0. The first kappa shape index (κ1) is 17.0. The van der Waals surface area contributed by atoms with Crippen LogP contribution in [-0.4, -0.2) is 60.6 Å². The number of likely N-dealkylation sites (tertiary alicyclic amines) is 1. The minimum absolute atomic E-state index is 0.573. The molecule has 24 heavy (non-hydrogen) atoms. The number of aromatic nitrogens is 5. The van der Waals surface area contributed by atoms with Gasteiger partial charge in [0.05, 0.1) is 18.4 Å². The lowest BCUT2D eigenvalue weighted by Crippen LogP contribution is -2.36. The fourth-order valence-electron chi connectivity index (χ4n) is 3.43. The van der Waals surface area contributed by atoms with Crippen LogP contribution in [0.2, 0.25) is 0 Å². The van der Waals surface area contributed by atoms with Crippen LogP contribution in [0.4, 0.5) is 0 Å². The van der Waals surface area contributed by atoms with Gasteiger partial charge in [-0.2, -0.15) is 4.98 Å². The van der Waals surface area contributed by atoms with E-state index in [2.05, 4.69) is 37.2 Å². The van der Waals surface area contributed by atoms with Gasteiger partial charge in [0.1, 0.15) is 0 Å². The van der Waals surface area contributed by atoms with Gasteiger partial charge in [-0.1, -0.05) is 17.3 Å². The molecule has 8 heteroatoms. The fourth-order valence-corrected chi connectivity index (χ4v) is 3.43. The summed E-state index contributed by atoms with van der Waals surface area (Å²) in [5.74, 6) is 1.43. The van der Waals surface area contributed by atoms with E-state index >= 15 is 0 Å². The van der Waals surface area contributed by atoms with Gasteiger partial charge < -0.3 is 4.52 Å². The lowest BCUT2D eigenvalue weighted by Gasteiger charge is -2.29. The maximum atomic E-state index is 5.10. The maximum absolute atomic E-state index is 5.10. The van der Waals surface area contributed by atoms with Gasteiger partial charge in [0, 0.05) is 33.1 Å². The molecular weight excluding hydrogens is 306 g/mol. The first-order valence-electron chi connectivity index (χ1n) is 8.75. The highest BCUT2D eigenvalue weighted by atomic mass is 16.5. The minimum Gasteiger partial charge on any atom is -0.340 e. The average Bonchev–Trinajstić information content (AvgIpc) is 3.08. The maximum Gasteiger partial charge on any atom is 0.223 e. The Morgan fingerprint density at radius 1 is 1.33 bits per heavy atom. The van der Waals surface area contributed by atoms with Crippen LogP contribution in [0, 0.1) is 6.92 Å². The molecule has 1 fully saturated rings. The predicted molar refractivity (Wildman–Crippen MR) is 89.0 cm³/mol. The zero-order valence-corrected chi connectivity index (χ0v) is 14.9. The van der Waals surface area contributed by atoms with Gasteiger partial charge in [-0.15, -0.1) is 5.10 Å². The quantitative estimate of drug-likeness (QED) is 0.790. The van der Waals surface area contributed by atoms with E-state index in [1.54, 1.807) is 0 Å². The molecule has 132 valence electrons. The summed E-state index contributed by atoms with van der Waals surface area (Å²) in [6.45, 7) is 8.96. The Bertz CT molecular complexity index is 638. The SMILES string of the molecule is CCN(Cc1noc(C)n1)C1CCCN(Cc2cnnn2C)CC1. The predicted octanol–water partition coefficient (Wildman–Crippen LogP) is 1.38. The van der Waals surface area contributed by atoms with Gasteiger partial charge in [-0.05, 0) is 32.4 Å². The van der Waals surface area contributed by atoms with Crippen LogP contribution < -0.4 is 0 Å². The third kappa shape index (κ3) is 4.18. The van der Waals surface area contributed by atoms with Gasteiger partial charge in [-0.25, -0.2) is 0 Å². The highest BCUT2D eigenvalue weighted by molar-refractivity contribution is 4.94. The van der Waals surface area contributed by atoms with Crippen molar-refractivity contribution in [2.24, 2.45) is 7.05 Å². The molecule has 1 atom stereocenters. The van der Waals surface area contributed by atoms with Crippen molar-refractivity contribution >= 4 is 0 Å². The van der Waals surface area contributed by atoms with Crippen molar-refractivity contribution in [1.82, 2.24) is 34.9 Å². The molecule has 1 aliphatic heterocycles. The molecule has 0 aromatic carbocycles. The highest BCUT2D eigenvalue weighted by Gasteiger charge is 2.23. The number of rotatable bonds is 6. The molecular formula is C16H27N7O. The number of hydrogen-bond acceptors (Lipinski definition) is 7. The van der Waals surface area contributed by atoms with E-state index in [0.717, 1.165) is 45.0 Å². The van der Waals surface area contributed by atoms with Crippen LogP contribution in [0.25, 0.3) is 0 Å². The molecule has 0 aliphatic carbocycles. The summed E-state index contributed by atoms with van der Waals surface area (Å²) in [6, 6.07) is 0.573. The molecule has 0 N–H and O–H groups in total. The van der Waals surface area contributed by atoms with Crippen LogP contribution >= 0.6 is 0 Å². The van der Waals surface area contributed by atoms with Crippen molar-refractivity contribution in [3.63, 3.8) is 0 Å². The third-order valence-corrected chi connectivity index (χ3v) is 4.82. The third-order valence-electron chi connectivity index (χ3n) is 4.82. The van der Waals surface area contributed by atoms with Gasteiger partial charge in [0.15, 0.2) is 5.82 Å². The summed E-state index contributed by atoms with van der Waals surface area (Å²) >= 11 is 0. The Hall–Kier alpha value is -1.80. The zero-order chi connectivity index (χ0) is 16.9. The van der Waals surface area contributed by atoms with E-state index < -0.39 is 0 Å². The summed E-state index contributed by atoms with van der Waals surface area (Å²) in [5, 5.41) is 12.0. The van der Waals surface area contributed by atoms with Gasteiger partial charge >= 0.3 is 0 Å². The average molecular weight is 333 g/mol. The second kappa shape index (κ2) is 7.85. The molecule has 0 radical (unpaired) electrons. The Morgan fingerprint density at radius 3 is 2.88 bits per heavy atom. The zero-order valence-electron chi connectivity index (χ0n) is 14.9. The monoisotopic (exact) mass is 333 g/mol. The van der Waals surface area contributed by atoms with Gasteiger partial charge in [0.25, 0.3) is 0 Å². The van der Waals surface area contributed by atoms with E-state index in [9.17, 15) is 0 Å². The highest BCUT2D eigenvalue weighted by Crippen LogP contribution is 2.19. The molecule has 8 nitrogen and oxygen atoms in total. The van der Waals surface area contributed by atoms with E-state index in [4.69, 9.17) is 4.52 Å². The van der Waals surface area contributed by atoms with E-state index in [1.165, 1.54) is 18.5 Å². The molecule has 0 amide bonds. The lowest BCUT2D eigenvalue weighted by atomic mass is 10.1. The lowest BCUT2D eigenvalue weighted by molar-refractivity contribution is 0.170. The summed E-state index contributed by atoms with van der Waals surface area (Å²) in [6.07, 6.45) is 5.44. The van der Waals surface area contributed by atoms with E-state index in [1.807, 2.05) is 24.9 Å². The number of aryl methyl sites for hydroxylation is 2. The standard InChI is InChI=1S/C16H27N7O/c1-4-23(12-16-18-13(2)24-19-16)14-6-5-8-22(9-7-14)11-15-10-17-20-21(15)3/h10,14H,4-9,11-12H2,1-3H3.